The van der Waals surface area contributed by atoms with Crippen LogP contribution in [0, 0.1) is 13.8 Å². The molecule has 9 heteroatoms. The van der Waals surface area contributed by atoms with Crippen LogP contribution in [0.3, 0.4) is 0 Å². The van der Waals surface area contributed by atoms with E-state index in [1.807, 2.05) is 44.2 Å². The number of carbonyl (C=O) groups is 1. The molecular formula is C24H25F3IN3OS. The first-order valence-electron chi connectivity index (χ1n) is 10.4. The van der Waals surface area contributed by atoms with Crippen molar-refractivity contribution in [1.29, 1.82) is 0 Å². The number of likely N-dealkylation sites (N-methyl/N-ethyl adjacent to an activating group) is 1. The maximum Gasteiger partial charge on any atom is 0.416 e. The number of hydrogen-bond acceptors (Lipinski definition) is 4. The molecular weight excluding hydrogens is 562 g/mol. The largest absolute Gasteiger partial charge is 0.416 e. The van der Waals surface area contributed by atoms with E-state index in [1.165, 1.54) is 23.5 Å². The number of carbonyl (C=O) groups excluding carboxylic acids is 1. The second kappa shape index (κ2) is 10.9. The van der Waals surface area contributed by atoms with Crippen LogP contribution in [-0.4, -0.2) is 22.0 Å². The van der Waals surface area contributed by atoms with E-state index in [4.69, 9.17) is 0 Å². The molecule has 1 N–H and O–H groups in total. The van der Waals surface area contributed by atoms with Crippen LogP contribution < -0.4 is 10.2 Å². The van der Waals surface area contributed by atoms with E-state index in [9.17, 15) is 18.0 Å². The Bertz CT molecular complexity index is 1070. The SMILES string of the molecule is CNC(=O)C(c1ccccc1)N(c1sc(C)nc1C)C(I)CCc1ccc(C(F)(F)F)cc1. The van der Waals surface area contributed by atoms with Gasteiger partial charge in [0.05, 0.1) is 20.3 Å². The highest BCUT2D eigenvalue weighted by atomic mass is 127. The highest BCUT2D eigenvalue weighted by Gasteiger charge is 2.34. The number of hydrogen-bond donors (Lipinski definition) is 1. The van der Waals surface area contributed by atoms with E-state index in [0.29, 0.717) is 12.8 Å². The number of halogens is 4. The van der Waals surface area contributed by atoms with Gasteiger partial charge < -0.3 is 10.2 Å². The highest BCUT2D eigenvalue weighted by Crippen LogP contribution is 2.39. The molecule has 0 aliphatic rings. The number of aryl methyl sites for hydroxylation is 3. The predicted octanol–water partition coefficient (Wildman–Crippen LogP) is 6.47. The standard InChI is InChI=1S/C24H25F3IN3OS/c1-15-23(33-16(2)30-15)31(21(22(32)29-3)18-7-5-4-6-8-18)20(28)14-11-17-9-12-19(13-10-17)24(25,26)27/h4-10,12-13,20-21H,11,14H2,1-3H3,(H,29,32). The molecule has 1 amide bonds. The van der Waals surface area contributed by atoms with Crippen molar-refractivity contribution in [1.82, 2.24) is 10.3 Å². The number of amides is 1. The monoisotopic (exact) mass is 587 g/mol. The summed E-state index contributed by atoms with van der Waals surface area (Å²) in [7, 11) is 1.62. The van der Waals surface area contributed by atoms with Gasteiger partial charge in [-0.2, -0.15) is 13.2 Å². The summed E-state index contributed by atoms with van der Waals surface area (Å²) in [6.45, 7) is 3.86. The lowest BCUT2D eigenvalue weighted by Crippen LogP contribution is -2.43. The zero-order valence-corrected chi connectivity index (χ0v) is 21.5. The lowest BCUT2D eigenvalue weighted by molar-refractivity contribution is -0.137. The number of aromatic nitrogens is 1. The minimum Gasteiger partial charge on any atom is -0.357 e. The van der Waals surface area contributed by atoms with E-state index in [2.05, 4.69) is 37.8 Å². The molecule has 0 aliphatic carbocycles. The fraction of sp³-hybridized carbons (Fsp3) is 0.333. The Morgan fingerprint density at radius 2 is 1.76 bits per heavy atom. The normalized spacial score (nSPS) is 13.4. The quantitative estimate of drug-likeness (QED) is 0.187. The lowest BCUT2D eigenvalue weighted by atomic mass is 10.0. The topological polar surface area (TPSA) is 45.2 Å². The van der Waals surface area contributed by atoms with E-state index in [-0.39, 0.29) is 9.96 Å². The Hall–Kier alpha value is -2.14. The Morgan fingerprint density at radius 3 is 2.27 bits per heavy atom. The number of anilines is 1. The number of nitrogens with zero attached hydrogens (tertiary/aromatic N) is 2. The summed E-state index contributed by atoms with van der Waals surface area (Å²) in [6, 6.07) is 14.3. The van der Waals surface area contributed by atoms with Gasteiger partial charge in [0, 0.05) is 7.05 Å². The maximum atomic E-state index is 13.1. The molecule has 2 unspecified atom stereocenters. The van der Waals surface area contributed by atoms with Gasteiger partial charge in [0.1, 0.15) is 11.0 Å². The Balaban J connectivity index is 1.92. The molecule has 1 aromatic heterocycles. The van der Waals surface area contributed by atoms with E-state index in [0.717, 1.165) is 39.0 Å². The Kier molecular flexibility index (Phi) is 8.38. The summed E-state index contributed by atoms with van der Waals surface area (Å²) in [5.74, 6) is -0.136. The van der Waals surface area contributed by atoms with Crippen molar-refractivity contribution in [3.05, 3.63) is 82.0 Å². The number of thiazole rings is 1. The molecule has 3 aromatic rings. The number of rotatable bonds is 8. The van der Waals surface area contributed by atoms with Crippen LogP contribution in [0.15, 0.2) is 54.6 Å². The average molecular weight is 587 g/mol. The molecule has 176 valence electrons. The molecule has 2 atom stereocenters. The fourth-order valence-corrected chi connectivity index (χ4v) is 5.76. The van der Waals surface area contributed by atoms with Crippen molar-refractivity contribution >= 4 is 44.8 Å². The van der Waals surface area contributed by atoms with Crippen LogP contribution in [0.2, 0.25) is 0 Å². The second-order valence-electron chi connectivity index (χ2n) is 7.63. The maximum absolute atomic E-state index is 13.1. The third-order valence-corrected chi connectivity index (χ3v) is 7.57. The summed E-state index contributed by atoms with van der Waals surface area (Å²) in [6.07, 6.45) is -3.13. The van der Waals surface area contributed by atoms with Crippen LogP contribution in [0.4, 0.5) is 18.2 Å². The van der Waals surface area contributed by atoms with Crippen LogP contribution in [0.1, 0.15) is 39.9 Å². The van der Waals surface area contributed by atoms with Crippen LogP contribution >= 0.6 is 33.9 Å². The first kappa shape index (κ1) is 25.5. The van der Waals surface area contributed by atoms with Crippen molar-refractivity contribution in [2.24, 2.45) is 0 Å². The van der Waals surface area contributed by atoms with Gasteiger partial charge in [-0.25, -0.2) is 4.98 Å². The van der Waals surface area contributed by atoms with Gasteiger partial charge in [-0.05, 0) is 49.9 Å². The molecule has 0 aliphatic heterocycles. The van der Waals surface area contributed by atoms with E-state index >= 15 is 0 Å². The minimum absolute atomic E-state index is 0.106. The van der Waals surface area contributed by atoms with Crippen molar-refractivity contribution in [2.45, 2.75) is 43.0 Å². The van der Waals surface area contributed by atoms with Gasteiger partial charge in [0.25, 0.3) is 0 Å². The van der Waals surface area contributed by atoms with Gasteiger partial charge in [0.15, 0.2) is 0 Å². The molecule has 1 heterocycles. The van der Waals surface area contributed by atoms with Crippen molar-refractivity contribution < 1.29 is 18.0 Å². The van der Waals surface area contributed by atoms with E-state index < -0.39 is 17.8 Å². The summed E-state index contributed by atoms with van der Waals surface area (Å²) in [5, 5.41) is 4.60. The van der Waals surface area contributed by atoms with Crippen LogP contribution in [-0.2, 0) is 17.4 Å². The number of benzene rings is 2. The molecule has 0 radical (unpaired) electrons. The minimum atomic E-state index is -4.35. The smallest absolute Gasteiger partial charge is 0.357 e. The van der Waals surface area contributed by atoms with Crippen LogP contribution in [0.5, 0.6) is 0 Å². The molecule has 0 bridgehead atoms. The van der Waals surface area contributed by atoms with Crippen molar-refractivity contribution in [3.8, 4) is 0 Å². The Labute approximate surface area is 209 Å². The molecule has 3 rings (SSSR count). The van der Waals surface area contributed by atoms with Crippen LogP contribution in [0.25, 0.3) is 0 Å². The summed E-state index contributed by atoms with van der Waals surface area (Å²) in [5.41, 5.74) is 1.87. The number of nitrogens with one attached hydrogen (secondary N) is 1. The van der Waals surface area contributed by atoms with Crippen molar-refractivity contribution in [3.63, 3.8) is 0 Å². The summed E-state index contributed by atoms with van der Waals surface area (Å²) >= 11 is 3.85. The zero-order chi connectivity index (χ0) is 24.2. The van der Waals surface area contributed by atoms with Crippen molar-refractivity contribution in [2.75, 3.05) is 11.9 Å². The van der Waals surface area contributed by atoms with Gasteiger partial charge in [0.2, 0.25) is 5.91 Å². The predicted molar refractivity (Wildman–Crippen MR) is 135 cm³/mol. The molecule has 4 nitrogen and oxygen atoms in total. The molecule has 0 saturated heterocycles. The first-order chi connectivity index (χ1) is 15.6. The second-order valence-corrected chi connectivity index (χ2v) is 10.2. The lowest BCUT2D eigenvalue weighted by Gasteiger charge is -2.36. The molecule has 0 saturated carbocycles. The fourth-order valence-electron chi connectivity index (χ4n) is 3.66. The van der Waals surface area contributed by atoms with Gasteiger partial charge in [-0.3, -0.25) is 4.79 Å². The third kappa shape index (κ3) is 6.26. The number of alkyl halides is 4. The van der Waals surface area contributed by atoms with Gasteiger partial charge in [-0.1, -0.05) is 65.1 Å². The summed E-state index contributed by atoms with van der Waals surface area (Å²) < 4.78 is 38.5. The highest BCUT2D eigenvalue weighted by molar-refractivity contribution is 14.1. The molecule has 0 spiro atoms. The van der Waals surface area contributed by atoms with E-state index in [1.54, 1.807) is 7.05 Å². The molecule has 33 heavy (non-hydrogen) atoms. The zero-order valence-electron chi connectivity index (χ0n) is 18.5. The van der Waals surface area contributed by atoms with Gasteiger partial charge in [-0.15, -0.1) is 11.3 Å². The van der Waals surface area contributed by atoms with Gasteiger partial charge >= 0.3 is 6.18 Å². The first-order valence-corrected chi connectivity index (χ1v) is 12.5. The summed E-state index contributed by atoms with van der Waals surface area (Å²) in [4.78, 5) is 19.7. The Morgan fingerprint density at radius 1 is 1.12 bits per heavy atom. The molecule has 0 fully saturated rings. The average Bonchev–Trinajstić information content (AvgIpc) is 3.12. The molecule has 2 aromatic carbocycles. The third-order valence-electron chi connectivity index (χ3n) is 5.26.